The Balaban J connectivity index is 1.67. The van der Waals surface area contributed by atoms with Crippen molar-refractivity contribution >= 4 is 11.6 Å². The van der Waals surface area contributed by atoms with E-state index in [0.29, 0.717) is 11.6 Å². The molecule has 0 saturated carbocycles. The van der Waals surface area contributed by atoms with Gasteiger partial charge in [0.25, 0.3) is 0 Å². The highest BCUT2D eigenvalue weighted by atomic mass is 16.3. The first kappa shape index (κ1) is 18.5. The predicted molar refractivity (Wildman–Crippen MR) is 105 cm³/mol. The molecule has 1 aliphatic heterocycles. The van der Waals surface area contributed by atoms with Crippen molar-refractivity contribution in [3.63, 3.8) is 0 Å². The Morgan fingerprint density at radius 3 is 2.46 bits per heavy atom. The van der Waals surface area contributed by atoms with Crippen LogP contribution in [-0.4, -0.2) is 28.0 Å². The second-order valence-electron chi connectivity index (χ2n) is 7.80. The highest BCUT2D eigenvalue weighted by Gasteiger charge is 2.46. The standard InChI is InChI=1S/C22H28N2O2/c1-15(2)18-8-6-17(7-9-18)14-24-12-11-22(24,4)21(26)23-19-10-5-16(3)20(25)13-19/h5-10,13,15,25H,11-12,14H2,1-4H3,(H,23,26). The van der Waals surface area contributed by atoms with Crippen LogP contribution in [0.4, 0.5) is 5.69 Å². The molecule has 2 N–H and O–H groups in total. The average Bonchev–Trinajstić information content (AvgIpc) is 2.61. The molecule has 2 aromatic carbocycles. The van der Waals surface area contributed by atoms with Crippen LogP contribution in [0.1, 0.15) is 49.8 Å². The van der Waals surface area contributed by atoms with Crippen molar-refractivity contribution in [3.05, 3.63) is 59.2 Å². The summed E-state index contributed by atoms with van der Waals surface area (Å²) in [7, 11) is 0. The molecule has 1 amide bonds. The molecule has 1 aliphatic rings. The van der Waals surface area contributed by atoms with Crippen LogP contribution < -0.4 is 5.32 Å². The molecule has 0 aliphatic carbocycles. The maximum atomic E-state index is 12.8. The van der Waals surface area contributed by atoms with Crippen molar-refractivity contribution in [2.24, 2.45) is 0 Å². The maximum absolute atomic E-state index is 12.8. The lowest BCUT2D eigenvalue weighted by Crippen LogP contribution is -2.63. The minimum absolute atomic E-state index is 0.0224. The van der Waals surface area contributed by atoms with Crippen LogP contribution in [0.15, 0.2) is 42.5 Å². The predicted octanol–water partition coefficient (Wildman–Crippen LogP) is 4.43. The summed E-state index contributed by atoms with van der Waals surface area (Å²) >= 11 is 0. The van der Waals surface area contributed by atoms with Gasteiger partial charge in [0.15, 0.2) is 0 Å². The number of anilines is 1. The summed E-state index contributed by atoms with van der Waals surface area (Å²) in [6.45, 7) is 9.88. The molecule has 138 valence electrons. The first-order valence-electron chi connectivity index (χ1n) is 9.24. The monoisotopic (exact) mass is 352 g/mol. The van der Waals surface area contributed by atoms with Gasteiger partial charge in [0, 0.05) is 24.8 Å². The van der Waals surface area contributed by atoms with Crippen molar-refractivity contribution in [2.45, 2.75) is 52.1 Å². The average molecular weight is 352 g/mol. The largest absolute Gasteiger partial charge is 0.508 e. The molecule has 26 heavy (non-hydrogen) atoms. The van der Waals surface area contributed by atoms with Crippen molar-refractivity contribution < 1.29 is 9.90 Å². The maximum Gasteiger partial charge on any atom is 0.244 e. The number of likely N-dealkylation sites (tertiary alicyclic amines) is 1. The number of aryl methyl sites for hydroxylation is 1. The van der Waals surface area contributed by atoms with Gasteiger partial charge in [-0.15, -0.1) is 0 Å². The van der Waals surface area contributed by atoms with Gasteiger partial charge in [0.05, 0.1) is 5.54 Å². The number of benzene rings is 2. The lowest BCUT2D eigenvalue weighted by atomic mass is 9.85. The third-order valence-corrected chi connectivity index (χ3v) is 5.54. The molecule has 1 unspecified atom stereocenters. The van der Waals surface area contributed by atoms with E-state index in [4.69, 9.17) is 0 Å². The van der Waals surface area contributed by atoms with Gasteiger partial charge >= 0.3 is 0 Å². The number of carbonyl (C=O) groups excluding carboxylic acids is 1. The zero-order valence-corrected chi connectivity index (χ0v) is 16.0. The van der Waals surface area contributed by atoms with Crippen LogP contribution in [0.3, 0.4) is 0 Å². The topological polar surface area (TPSA) is 52.6 Å². The minimum atomic E-state index is -0.517. The number of hydrogen-bond donors (Lipinski definition) is 2. The summed E-state index contributed by atoms with van der Waals surface area (Å²) in [6, 6.07) is 13.9. The molecule has 1 fully saturated rings. The Bertz CT molecular complexity index is 798. The van der Waals surface area contributed by atoms with Gasteiger partial charge in [-0.2, -0.15) is 0 Å². The fourth-order valence-corrected chi connectivity index (χ4v) is 3.30. The zero-order valence-electron chi connectivity index (χ0n) is 16.0. The number of nitrogens with zero attached hydrogens (tertiary/aromatic N) is 1. The lowest BCUT2D eigenvalue weighted by Gasteiger charge is -2.49. The number of hydrogen-bond acceptors (Lipinski definition) is 3. The third-order valence-electron chi connectivity index (χ3n) is 5.54. The van der Waals surface area contributed by atoms with E-state index in [9.17, 15) is 9.90 Å². The van der Waals surface area contributed by atoms with Crippen LogP contribution in [0, 0.1) is 6.92 Å². The molecule has 4 heteroatoms. The number of aromatic hydroxyl groups is 1. The summed E-state index contributed by atoms with van der Waals surface area (Å²) in [5.41, 5.74) is 3.46. The van der Waals surface area contributed by atoms with Crippen LogP contribution >= 0.6 is 0 Å². The Kier molecular flexibility index (Phi) is 5.05. The van der Waals surface area contributed by atoms with Crippen molar-refractivity contribution in [3.8, 4) is 5.75 Å². The molecule has 0 bridgehead atoms. The Hall–Kier alpha value is -2.33. The minimum Gasteiger partial charge on any atom is -0.508 e. The van der Waals surface area contributed by atoms with Crippen LogP contribution in [0.5, 0.6) is 5.75 Å². The number of phenols is 1. The fraction of sp³-hybridized carbons (Fsp3) is 0.409. The van der Waals surface area contributed by atoms with Gasteiger partial charge in [-0.25, -0.2) is 0 Å². The number of carbonyl (C=O) groups is 1. The van der Waals surface area contributed by atoms with Gasteiger partial charge in [0.2, 0.25) is 5.91 Å². The summed E-state index contributed by atoms with van der Waals surface area (Å²) in [6.07, 6.45) is 0.834. The van der Waals surface area contributed by atoms with E-state index in [-0.39, 0.29) is 11.7 Å². The van der Waals surface area contributed by atoms with Gasteiger partial charge in [0.1, 0.15) is 5.75 Å². The molecule has 3 rings (SSSR count). The number of amides is 1. The summed E-state index contributed by atoms with van der Waals surface area (Å²) < 4.78 is 0. The van der Waals surface area contributed by atoms with Crippen LogP contribution in [0.2, 0.25) is 0 Å². The Morgan fingerprint density at radius 1 is 1.23 bits per heavy atom. The smallest absolute Gasteiger partial charge is 0.244 e. The normalized spacial score (nSPS) is 20.0. The van der Waals surface area contributed by atoms with E-state index >= 15 is 0 Å². The molecular weight excluding hydrogens is 324 g/mol. The molecule has 0 spiro atoms. The molecule has 2 aromatic rings. The Morgan fingerprint density at radius 2 is 1.92 bits per heavy atom. The number of nitrogens with one attached hydrogen (secondary N) is 1. The second-order valence-corrected chi connectivity index (χ2v) is 7.80. The first-order valence-corrected chi connectivity index (χ1v) is 9.24. The van der Waals surface area contributed by atoms with E-state index in [0.717, 1.165) is 25.1 Å². The van der Waals surface area contributed by atoms with Crippen molar-refractivity contribution in [2.75, 3.05) is 11.9 Å². The molecule has 4 nitrogen and oxygen atoms in total. The van der Waals surface area contributed by atoms with E-state index in [1.807, 2.05) is 26.0 Å². The van der Waals surface area contributed by atoms with Crippen LogP contribution in [-0.2, 0) is 11.3 Å². The van der Waals surface area contributed by atoms with E-state index in [1.165, 1.54) is 11.1 Å². The van der Waals surface area contributed by atoms with Crippen molar-refractivity contribution in [1.82, 2.24) is 4.90 Å². The summed E-state index contributed by atoms with van der Waals surface area (Å²) in [5.74, 6) is 0.699. The van der Waals surface area contributed by atoms with Crippen LogP contribution in [0.25, 0.3) is 0 Å². The highest BCUT2D eigenvalue weighted by molar-refractivity contribution is 5.98. The van der Waals surface area contributed by atoms with Crippen molar-refractivity contribution in [1.29, 1.82) is 0 Å². The quantitative estimate of drug-likeness (QED) is 0.837. The van der Waals surface area contributed by atoms with E-state index in [1.54, 1.807) is 6.07 Å². The lowest BCUT2D eigenvalue weighted by molar-refractivity contribution is -0.136. The number of rotatable bonds is 5. The van der Waals surface area contributed by atoms with Gasteiger partial charge < -0.3 is 10.4 Å². The summed E-state index contributed by atoms with van der Waals surface area (Å²) in [4.78, 5) is 15.0. The molecule has 1 saturated heterocycles. The first-order chi connectivity index (χ1) is 12.3. The second kappa shape index (κ2) is 7.12. The molecule has 1 atom stereocenters. The molecule has 0 radical (unpaired) electrons. The molecular formula is C22H28N2O2. The molecule has 1 heterocycles. The van der Waals surface area contributed by atoms with Gasteiger partial charge in [-0.05, 0) is 48.9 Å². The SMILES string of the molecule is Cc1ccc(NC(=O)C2(C)CCN2Cc2ccc(C(C)C)cc2)cc1O. The number of phenolic OH excluding ortho intramolecular Hbond substituents is 1. The fourth-order valence-electron chi connectivity index (χ4n) is 3.30. The third kappa shape index (κ3) is 3.61. The van der Waals surface area contributed by atoms with E-state index in [2.05, 4.69) is 48.3 Å². The Labute approximate surface area is 155 Å². The zero-order chi connectivity index (χ0) is 18.9. The molecule has 0 aromatic heterocycles. The van der Waals surface area contributed by atoms with E-state index < -0.39 is 5.54 Å². The summed E-state index contributed by atoms with van der Waals surface area (Å²) in [5, 5.41) is 12.8. The van der Waals surface area contributed by atoms with Gasteiger partial charge in [-0.3, -0.25) is 9.69 Å². The van der Waals surface area contributed by atoms with Gasteiger partial charge in [-0.1, -0.05) is 44.2 Å². The highest BCUT2D eigenvalue weighted by Crippen LogP contribution is 2.34.